The van der Waals surface area contributed by atoms with Crippen LogP contribution in [0.4, 0.5) is 4.79 Å². The van der Waals surface area contributed by atoms with E-state index in [2.05, 4.69) is 11.9 Å². The number of amides is 1. The van der Waals surface area contributed by atoms with E-state index in [4.69, 9.17) is 33.2 Å². The molecule has 16 heteroatoms. The molecule has 3 fully saturated rings. The molecule has 0 aromatic carbocycles. The zero-order chi connectivity index (χ0) is 44.1. The number of alkyl carbamates (subject to hydrolysis) is 1. The first kappa shape index (κ1) is 50.4. The van der Waals surface area contributed by atoms with Crippen molar-refractivity contribution in [2.45, 2.75) is 185 Å². The highest BCUT2D eigenvalue weighted by atomic mass is 16.7. The highest BCUT2D eigenvalue weighted by Gasteiger charge is 2.53. The standard InChI is InChI=1S/C42H77N3O13/c1-16-18-43-39(49)58-36-27(7)45(14)22-23(3)20-40(9,50)35(57-38-32(46)29(44(12)13)19-24(4)53-38)25(5)33(26(6)37(48)55-30(17-2)42(36,11)51)56-31-21-41(10,52-15)34(47)28(8)54-31/h16,23-36,38,46-47,50-51H,1,17-22H2,2-15H3,(H,43,49)/t23-,24-,25+,26-,27-,28+,29+,30-,31+,32-,33+,34+,35-,36-,38+,40-,41-,42-/m1/s1. The van der Waals surface area contributed by atoms with Gasteiger partial charge in [-0.05, 0) is 94.8 Å². The Kier molecular flexibility index (Phi) is 18.0. The van der Waals surface area contributed by atoms with Gasteiger partial charge in [-0.2, -0.15) is 0 Å². The maximum absolute atomic E-state index is 14.5. The van der Waals surface area contributed by atoms with Crippen molar-refractivity contribution in [2.75, 3.05) is 41.3 Å². The lowest BCUT2D eigenvalue weighted by Crippen LogP contribution is -2.61. The Bertz CT molecular complexity index is 1340. The number of methoxy groups -OCH3 is 1. The van der Waals surface area contributed by atoms with Crippen LogP contribution in [0.2, 0.25) is 0 Å². The van der Waals surface area contributed by atoms with E-state index in [1.54, 1.807) is 34.6 Å². The van der Waals surface area contributed by atoms with E-state index < -0.39 is 102 Å². The zero-order valence-corrected chi connectivity index (χ0v) is 37.5. The van der Waals surface area contributed by atoms with Gasteiger partial charge in [0.15, 0.2) is 18.7 Å². The van der Waals surface area contributed by atoms with Crippen LogP contribution in [0, 0.1) is 17.8 Å². The number of nitrogens with one attached hydrogen (secondary N) is 1. The fourth-order valence-electron chi connectivity index (χ4n) is 9.25. The molecule has 3 aliphatic heterocycles. The number of hydrogen-bond donors (Lipinski definition) is 5. The van der Waals surface area contributed by atoms with Gasteiger partial charge in [0.05, 0.1) is 41.5 Å². The first-order valence-corrected chi connectivity index (χ1v) is 20.9. The number of ether oxygens (including phenoxy) is 7. The van der Waals surface area contributed by atoms with E-state index in [1.807, 2.05) is 58.6 Å². The van der Waals surface area contributed by atoms with E-state index in [9.17, 15) is 30.0 Å². The Balaban J connectivity index is 2.21. The van der Waals surface area contributed by atoms with Crippen LogP contribution in [-0.2, 0) is 38.0 Å². The Morgan fingerprint density at radius 3 is 2.24 bits per heavy atom. The predicted octanol–water partition coefficient (Wildman–Crippen LogP) is 2.82. The molecule has 338 valence electrons. The van der Waals surface area contributed by atoms with Gasteiger partial charge in [-0.25, -0.2) is 4.79 Å². The summed E-state index contributed by atoms with van der Waals surface area (Å²) < 4.78 is 43.8. The molecule has 0 saturated carbocycles. The van der Waals surface area contributed by atoms with Crippen LogP contribution >= 0.6 is 0 Å². The van der Waals surface area contributed by atoms with Gasteiger partial charge in [-0.1, -0.05) is 26.8 Å². The SMILES string of the molecule is C=CCNC(=O)O[C@@H]1[C@@H](C)N(C)C[C@H](C)C[C@@](C)(O)[C@H](O[C@@H]2O[C@H](C)C[C@H](N(C)C)[C@H]2O)[C@@H](C)[C@H](O[C@H]2C[C@@](C)(OC)[C@@H](O)[C@H](C)O2)[C@@H](C)C(=O)O[C@H](CC)[C@@]1(C)O. The molecule has 3 rings (SSSR count). The van der Waals surface area contributed by atoms with Gasteiger partial charge < -0.3 is 63.8 Å². The quantitative estimate of drug-likeness (QED) is 0.159. The van der Waals surface area contributed by atoms with Crippen LogP contribution in [0.15, 0.2) is 12.7 Å². The number of nitrogens with zero attached hydrogens (tertiary/aromatic N) is 2. The molecule has 0 aromatic rings. The van der Waals surface area contributed by atoms with Crippen LogP contribution in [0.1, 0.15) is 94.9 Å². The molecule has 3 saturated heterocycles. The summed E-state index contributed by atoms with van der Waals surface area (Å²) in [7, 11) is 7.09. The van der Waals surface area contributed by atoms with Crippen LogP contribution in [0.25, 0.3) is 0 Å². The minimum Gasteiger partial charge on any atom is -0.459 e. The molecule has 5 N–H and O–H groups in total. The molecular weight excluding hydrogens is 754 g/mol. The monoisotopic (exact) mass is 832 g/mol. The average Bonchev–Trinajstić information content (AvgIpc) is 3.14. The minimum atomic E-state index is -1.88. The molecule has 0 aromatic heterocycles. The Morgan fingerprint density at radius 1 is 1.03 bits per heavy atom. The lowest BCUT2D eigenvalue weighted by molar-refractivity contribution is -0.318. The Hall–Kier alpha value is -1.96. The smallest absolute Gasteiger partial charge is 0.407 e. The summed E-state index contributed by atoms with van der Waals surface area (Å²) >= 11 is 0. The molecule has 0 unspecified atom stereocenters. The van der Waals surface area contributed by atoms with Crippen molar-refractivity contribution in [3.8, 4) is 0 Å². The van der Waals surface area contributed by atoms with Crippen LogP contribution in [0.3, 0.4) is 0 Å². The number of hydrogen-bond acceptors (Lipinski definition) is 15. The first-order chi connectivity index (χ1) is 26.8. The van der Waals surface area contributed by atoms with Crippen molar-refractivity contribution in [3.05, 3.63) is 12.7 Å². The number of aliphatic hydroxyl groups is 4. The third-order valence-corrected chi connectivity index (χ3v) is 12.8. The number of cyclic esters (lactones) is 1. The van der Waals surface area contributed by atoms with Crippen molar-refractivity contribution in [1.29, 1.82) is 0 Å². The van der Waals surface area contributed by atoms with Gasteiger partial charge in [0, 0.05) is 44.6 Å². The van der Waals surface area contributed by atoms with Gasteiger partial charge in [0.2, 0.25) is 0 Å². The molecule has 0 aliphatic carbocycles. The molecule has 0 radical (unpaired) electrons. The molecule has 16 nitrogen and oxygen atoms in total. The third kappa shape index (κ3) is 11.9. The Morgan fingerprint density at radius 2 is 1.67 bits per heavy atom. The summed E-state index contributed by atoms with van der Waals surface area (Å²) in [5, 5.41) is 50.2. The number of carbonyl (C=O) groups is 2. The van der Waals surface area contributed by atoms with Gasteiger partial charge >= 0.3 is 12.1 Å². The van der Waals surface area contributed by atoms with Crippen molar-refractivity contribution < 1.29 is 63.2 Å². The van der Waals surface area contributed by atoms with E-state index in [1.165, 1.54) is 20.1 Å². The number of esters is 1. The largest absolute Gasteiger partial charge is 0.459 e. The second kappa shape index (κ2) is 20.7. The lowest BCUT2D eigenvalue weighted by atomic mass is 9.77. The first-order valence-electron chi connectivity index (χ1n) is 20.9. The molecule has 58 heavy (non-hydrogen) atoms. The number of rotatable bonds is 10. The summed E-state index contributed by atoms with van der Waals surface area (Å²) in [6.07, 6.45) is -7.86. The number of aliphatic hydroxyl groups excluding tert-OH is 2. The van der Waals surface area contributed by atoms with Crippen molar-refractivity contribution in [2.24, 2.45) is 17.8 Å². The predicted molar refractivity (Wildman–Crippen MR) is 217 cm³/mol. The maximum Gasteiger partial charge on any atom is 0.407 e. The van der Waals surface area contributed by atoms with Crippen LogP contribution < -0.4 is 5.32 Å². The van der Waals surface area contributed by atoms with Gasteiger partial charge in [-0.15, -0.1) is 6.58 Å². The molecule has 1 amide bonds. The van der Waals surface area contributed by atoms with Crippen LogP contribution in [0.5, 0.6) is 0 Å². The average molecular weight is 832 g/mol. The third-order valence-electron chi connectivity index (χ3n) is 12.8. The zero-order valence-electron chi connectivity index (χ0n) is 37.5. The van der Waals surface area contributed by atoms with E-state index in [0.717, 1.165) is 0 Å². The van der Waals surface area contributed by atoms with Gasteiger partial charge in [-0.3, -0.25) is 9.69 Å². The van der Waals surface area contributed by atoms with Crippen molar-refractivity contribution in [3.63, 3.8) is 0 Å². The topological polar surface area (TPSA) is 198 Å². The molecular formula is C42H77N3O13. The maximum atomic E-state index is 14.5. The van der Waals surface area contributed by atoms with E-state index >= 15 is 0 Å². The normalized spacial score (nSPS) is 45.4. The highest BCUT2D eigenvalue weighted by Crippen LogP contribution is 2.40. The fourth-order valence-corrected chi connectivity index (χ4v) is 9.25. The summed E-state index contributed by atoms with van der Waals surface area (Å²) in [5.74, 6) is -2.79. The molecule has 3 heterocycles. The van der Waals surface area contributed by atoms with Gasteiger partial charge in [0.25, 0.3) is 0 Å². The lowest BCUT2D eigenvalue weighted by Gasteiger charge is -2.48. The number of carbonyl (C=O) groups excluding carboxylic acids is 2. The summed E-state index contributed by atoms with van der Waals surface area (Å²) in [6, 6.07) is -0.894. The molecule has 0 bridgehead atoms. The van der Waals surface area contributed by atoms with Crippen LogP contribution in [-0.4, -0.2) is 174 Å². The van der Waals surface area contributed by atoms with Gasteiger partial charge in [0.1, 0.15) is 23.9 Å². The Labute approximate surface area is 346 Å². The summed E-state index contributed by atoms with van der Waals surface area (Å²) in [6.45, 7) is 21.7. The van der Waals surface area contributed by atoms with Crippen molar-refractivity contribution in [1.82, 2.24) is 15.1 Å². The minimum absolute atomic E-state index is 0.106. The molecule has 18 atom stereocenters. The van der Waals surface area contributed by atoms with E-state index in [-0.39, 0.29) is 43.9 Å². The summed E-state index contributed by atoms with van der Waals surface area (Å²) in [5.41, 5.74) is -4.54. The summed E-state index contributed by atoms with van der Waals surface area (Å²) in [4.78, 5) is 31.4. The van der Waals surface area contributed by atoms with Crippen molar-refractivity contribution >= 4 is 12.1 Å². The fraction of sp³-hybridized carbons (Fsp3) is 0.905. The molecule has 0 spiro atoms. The highest BCUT2D eigenvalue weighted by molar-refractivity contribution is 5.73. The second-order valence-electron chi connectivity index (χ2n) is 18.2. The molecule has 3 aliphatic rings. The number of likely N-dealkylation sites (N-methyl/N-ethyl adjacent to an activating group) is 2. The van der Waals surface area contributed by atoms with E-state index in [0.29, 0.717) is 13.0 Å². The second-order valence-corrected chi connectivity index (χ2v) is 18.2.